The Morgan fingerprint density at radius 3 is 2.86 bits per heavy atom. The third-order valence-electron chi connectivity index (χ3n) is 2.81. The number of nitrogens with zero attached hydrogens (tertiary/aromatic N) is 3. The van der Waals surface area contributed by atoms with Crippen molar-refractivity contribution in [2.24, 2.45) is 0 Å². The zero-order valence-corrected chi connectivity index (χ0v) is 14.4. The summed E-state index contributed by atoms with van der Waals surface area (Å²) in [5, 5.41) is 4.41. The minimum Gasteiger partial charge on any atom is -0.494 e. The second-order valence-electron chi connectivity index (χ2n) is 4.46. The smallest absolute Gasteiger partial charge is 0.181 e. The van der Waals surface area contributed by atoms with E-state index in [1.165, 1.54) is 24.5 Å². The van der Waals surface area contributed by atoms with Crippen LogP contribution in [0.5, 0.6) is 5.75 Å². The monoisotopic (exact) mass is 345 g/mol. The lowest BCUT2D eigenvalue weighted by molar-refractivity contribution is 0.243. The van der Waals surface area contributed by atoms with Gasteiger partial charge in [0, 0.05) is 6.54 Å². The van der Waals surface area contributed by atoms with Crippen molar-refractivity contribution in [3.8, 4) is 5.75 Å². The third kappa shape index (κ3) is 4.26. The lowest BCUT2D eigenvalue weighted by Gasteiger charge is -2.16. The quantitative estimate of drug-likeness (QED) is 0.589. The summed E-state index contributed by atoms with van der Waals surface area (Å²) >= 11 is 8.35. The Hall–Kier alpha value is -0.960. The van der Waals surface area contributed by atoms with Gasteiger partial charge in [0.25, 0.3) is 0 Å². The van der Waals surface area contributed by atoms with E-state index in [2.05, 4.69) is 5.10 Å². The predicted molar refractivity (Wildman–Crippen MR) is 87.1 cm³/mol. The van der Waals surface area contributed by atoms with Gasteiger partial charge in [-0.1, -0.05) is 29.2 Å². The topological polar surface area (TPSA) is 30.3 Å². The first-order chi connectivity index (χ1) is 10.0. The van der Waals surface area contributed by atoms with Crippen molar-refractivity contribution in [2.45, 2.75) is 17.6 Å². The van der Waals surface area contributed by atoms with Gasteiger partial charge in [-0.3, -0.25) is 4.90 Å². The summed E-state index contributed by atoms with van der Waals surface area (Å²) in [5.74, 6) is -0.0916. The van der Waals surface area contributed by atoms with E-state index in [9.17, 15) is 4.39 Å². The lowest BCUT2D eigenvalue weighted by atomic mass is 10.2. The molecule has 2 rings (SSSR count). The van der Waals surface area contributed by atoms with Crippen molar-refractivity contribution >= 4 is 35.3 Å². The number of aromatic nitrogens is 2. The van der Waals surface area contributed by atoms with Gasteiger partial charge < -0.3 is 4.74 Å². The van der Waals surface area contributed by atoms with E-state index in [1.54, 1.807) is 22.5 Å². The van der Waals surface area contributed by atoms with Crippen molar-refractivity contribution in [3.63, 3.8) is 0 Å². The van der Waals surface area contributed by atoms with Gasteiger partial charge in [-0.15, -0.1) is 0 Å². The number of halogens is 1. The highest BCUT2D eigenvalue weighted by molar-refractivity contribution is 8.00. The number of rotatable bonds is 6. The molecule has 0 N–H and O–H groups in total. The Kier molecular flexibility index (Phi) is 5.74. The molecule has 0 aliphatic heterocycles. The molecule has 1 heterocycles. The molecule has 0 aliphatic carbocycles. The van der Waals surface area contributed by atoms with Crippen molar-refractivity contribution in [3.05, 3.63) is 33.5 Å². The number of benzene rings is 1. The van der Waals surface area contributed by atoms with Crippen LogP contribution in [0.15, 0.2) is 22.5 Å². The predicted octanol–water partition coefficient (Wildman–Crippen LogP) is 3.63. The molecule has 0 bridgehead atoms. The average molecular weight is 345 g/mol. The van der Waals surface area contributed by atoms with Crippen molar-refractivity contribution in [1.29, 1.82) is 0 Å². The summed E-state index contributed by atoms with van der Waals surface area (Å²) in [6.07, 6.45) is 1.97. The maximum absolute atomic E-state index is 13.7. The molecule has 1 aromatic carbocycles. The van der Waals surface area contributed by atoms with Crippen LogP contribution in [0.25, 0.3) is 0 Å². The molecular formula is C13H16FN3OS3. The second kappa shape index (κ2) is 7.35. The minimum absolute atomic E-state index is 0.257. The van der Waals surface area contributed by atoms with Crippen LogP contribution in [0.1, 0.15) is 5.56 Å². The lowest BCUT2D eigenvalue weighted by Crippen LogP contribution is -2.22. The highest BCUT2D eigenvalue weighted by Crippen LogP contribution is 2.20. The largest absolute Gasteiger partial charge is 0.494 e. The van der Waals surface area contributed by atoms with Gasteiger partial charge in [0.2, 0.25) is 0 Å². The molecule has 0 saturated carbocycles. The molecule has 1 aromatic heterocycles. The van der Waals surface area contributed by atoms with Crippen molar-refractivity contribution in [2.75, 3.05) is 20.4 Å². The number of thioether (sulfide) groups is 1. The van der Waals surface area contributed by atoms with Gasteiger partial charge >= 0.3 is 0 Å². The highest BCUT2D eigenvalue weighted by atomic mass is 32.2. The van der Waals surface area contributed by atoms with Crippen LogP contribution in [0, 0.1) is 9.77 Å². The molecule has 0 amide bonds. The highest BCUT2D eigenvalue weighted by Gasteiger charge is 2.08. The van der Waals surface area contributed by atoms with Crippen LogP contribution in [0.2, 0.25) is 0 Å². The second-order valence-corrected chi connectivity index (χ2v) is 7.14. The molecular weight excluding hydrogens is 329 g/mol. The summed E-state index contributed by atoms with van der Waals surface area (Å²) in [4.78, 5) is 2.03. The maximum Gasteiger partial charge on any atom is 0.181 e. The molecule has 114 valence electrons. The fraction of sp³-hybridized carbons (Fsp3) is 0.385. The van der Waals surface area contributed by atoms with Gasteiger partial charge in [-0.05, 0) is 43.2 Å². The summed E-state index contributed by atoms with van der Waals surface area (Å²) in [5.41, 5.74) is 0.877. The summed E-state index contributed by atoms with van der Waals surface area (Å²) in [7, 11) is 3.40. The standard InChI is InChI=1S/C13H16FN3OS3/c1-16(8-17-13(19)21-12(15-17)20-3)7-9-4-5-11(18-2)10(14)6-9/h4-6H,7-8H2,1-3H3. The molecule has 0 atom stereocenters. The van der Waals surface area contributed by atoms with E-state index in [1.807, 2.05) is 24.3 Å². The van der Waals surface area contributed by atoms with Crippen LogP contribution in [-0.4, -0.2) is 35.1 Å². The number of hydrogen-bond acceptors (Lipinski definition) is 6. The minimum atomic E-state index is -0.349. The fourth-order valence-electron chi connectivity index (χ4n) is 1.86. The van der Waals surface area contributed by atoms with E-state index < -0.39 is 0 Å². The molecule has 0 fully saturated rings. The van der Waals surface area contributed by atoms with Gasteiger partial charge in [0.15, 0.2) is 19.9 Å². The molecule has 8 heteroatoms. The van der Waals surface area contributed by atoms with E-state index in [0.29, 0.717) is 13.2 Å². The van der Waals surface area contributed by atoms with Crippen molar-refractivity contribution in [1.82, 2.24) is 14.7 Å². The van der Waals surface area contributed by atoms with E-state index in [0.717, 1.165) is 13.9 Å². The Labute approximate surface area is 136 Å². The Morgan fingerprint density at radius 1 is 1.52 bits per heavy atom. The molecule has 0 unspecified atom stereocenters. The number of hydrogen-bond donors (Lipinski definition) is 0. The Bertz CT molecular complexity index is 671. The first-order valence-corrected chi connectivity index (χ1v) is 8.61. The van der Waals surface area contributed by atoms with Gasteiger partial charge in [-0.2, -0.15) is 5.10 Å². The first-order valence-electron chi connectivity index (χ1n) is 6.16. The van der Waals surface area contributed by atoms with Crippen LogP contribution >= 0.6 is 35.3 Å². The van der Waals surface area contributed by atoms with Crippen LogP contribution in [-0.2, 0) is 13.2 Å². The number of ether oxygens (including phenoxy) is 1. The van der Waals surface area contributed by atoms with Gasteiger partial charge in [-0.25, -0.2) is 9.07 Å². The van der Waals surface area contributed by atoms with Crippen LogP contribution < -0.4 is 4.74 Å². The Balaban J connectivity index is 2.04. The molecule has 21 heavy (non-hydrogen) atoms. The fourth-order valence-corrected chi connectivity index (χ4v) is 3.59. The maximum atomic E-state index is 13.7. The van der Waals surface area contributed by atoms with E-state index >= 15 is 0 Å². The normalized spacial score (nSPS) is 11.1. The Morgan fingerprint density at radius 2 is 2.29 bits per heavy atom. The zero-order chi connectivity index (χ0) is 15.4. The molecule has 4 nitrogen and oxygen atoms in total. The molecule has 0 aliphatic rings. The zero-order valence-electron chi connectivity index (χ0n) is 12.0. The molecule has 0 spiro atoms. The third-order valence-corrected chi connectivity index (χ3v) is 5.09. The average Bonchev–Trinajstić information content (AvgIpc) is 2.79. The van der Waals surface area contributed by atoms with Crippen LogP contribution in [0.4, 0.5) is 4.39 Å². The summed E-state index contributed by atoms with van der Waals surface area (Å²) in [6, 6.07) is 4.98. The summed E-state index contributed by atoms with van der Waals surface area (Å²) in [6.45, 7) is 1.18. The number of methoxy groups -OCH3 is 1. The molecule has 0 radical (unpaired) electrons. The summed E-state index contributed by atoms with van der Waals surface area (Å²) < 4.78 is 22.1. The van der Waals surface area contributed by atoms with Gasteiger partial charge in [0.1, 0.15) is 0 Å². The van der Waals surface area contributed by atoms with Gasteiger partial charge in [0.05, 0.1) is 13.8 Å². The van der Waals surface area contributed by atoms with Crippen LogP contribution in [0.3, 0.4) is 0 Å². The SMILES string of the molecule is COc1ccc(CN(C)Cn2nc(SC)sc2=S)cc1F. The first kappa shape index (κ1) is 16.4. The van der Waals surface area contributed by atoms with Crippen molar-refractivity contribution < 1.29 is 9.13 Å². The van der Waals surface area contributed by atoms with E-state index in [4.69, 9.17) is 17.0 Å². The molecule has 2 aromatic rings. The van der Waals surface area contributed by atoms with E-state index in [-0.39, 0.29) is 11.6 Å². The molecule has 0 saturated heterocycles.